The summed E-state index contributed by atoms with van der Waals surface area (Å²) in [5.74, 6) is 0.201. The van der Waals surface area contributed by atoms with Crippen LogP contribution in [0.3, 0.4) is 0 Å². The van der Waals surface area contributed by atoms with Crippen molar-refractivity contribution in [1.29, 1.82) is 0 Å². The Morgan fingerprint density at radius 2 is 2.29 bits per heavy atom. The molecule has 0 saturated carbocycles. The van der Waals surface area contributed by atoms with E-state index < -0.39 is 10.2 Å². The van der Waals surface area contributed by atoms with E-state index in [1.807, 2.05) is 6.92 Å². The van der Waals surface area contributed by atoms with E-state index in [1.165, 1.54) is 0 Å². The molecule has 0 rings (SSSR count). The molecule has 1 unspecified atom stereocenters. The van der Waals surface area contributed by atoms with Gasteiger partial charge in [-0.1, -0.05) is 0 Å². The maximum absolute atomic E-state index is 10.1. The molecular weight excluding hydrogens is 114 g/mol. The average molecular weight is 124 g/mol. The van der Waals surface area contributed by atoms with Crippen LogP contribution in [0.4, 0.5) is 0 Å². The maximum atomic E-state index is 10.1. The Balaban J connectivity index is 3.45. The summed E-state index contributed by atoms with van der Waals surface area (Å²) in [7, 11) is -2.92. The van der Waals surface area contributed by atoms with Crippen molar-refractivity contribution in [1.82, 2.24) is 0 Å². The summed E-state index contributed by atoms with van der Waals surface area (Å²) in [6.07, 6.45) is 0.659. The van der Waals surface area contributed by atoms with Crippen LogP contribution in [0.1, 0.15) is 13.3 Å². The van der Waals surface area contributed by atoms with Gasteiger partial charge in [-0.25, -0.2) is 0 Å². The van der Waals surface area contributed by atoms with Crippen molar-refractivity contribution in [2.45, 2.75) is 13.3 Å². The number of hydrogen-bond acceptors (Lipinski definition) is 2. The Hall–Kier alpha value is 0.230. The van der Waals surface area contributed by atoms with Crippen molar-refractivity contribution in [2.75, 3.05) is 5.75 Å². The third kappa shape index (κ3) is 6.23. The summed E-state index contributed by atoms with van der Waals surface area (Å²) in [5.41, 5.74) is 0. The fourth-order valence-electron chi connectivity index (χ4n) is 0.292. The Morgan fingerprint density at radius 1 is 1.86 bits per heavy atom. The van der Waals surface area contributed by atoms with Gasteiger partial charge in [0.1, 0.15) is 0 Å². The summed E-state index contributed by atoms with van der Waals surface area (Å²) in [6.45, 7) is 1.81. The van der Waals surface area contributed by atoms with Gasteiger partial charge in [-0.3, -0.25) is 0 Å². The molecule has 1 atom stereocenters. The van der Waals surface area contributed by atoms with E-state index in [4.69, 9.17) is 9.69 Å². The molecule has 0 aliphatic rings. The van der Waals surface area contributed by atoms with Gasteiger partial charge < -0.3 is 0 Å². The molecule has 44 valence electrons. The summed E-state index contributed by atoms with van der Waals surface area (Å²) in [5, 5.41) is 4.73. The van der Waals surface area contributed by atoms with E-state index in [1.54, 1.807) is 0 Å². The SMILES string of the molecule is CCCS(N)(#[O+])O. The molecule has 0 aromatic rings. The first-order valence-corrected chi connectivity index (χ1v) is 3.83. The van der Waals surface area contributed by atoms with Crippen molar-refractivity contribution in [2.24, 2.45) is 5.14 Å². The summed E-state index contributed by atoms with van der Waals surface area (Å²) < 4.78 is 18.4. The van der Waals surface area contributed by atoms with E-state index in [0.717, 1.165) is 0 Å². The zero-order valence-electron chi connectivity index (χ0n) is 4.26. The molecule has 3 N–H and O–H groups in total. The predicted octanol–water partition coefficient (Wildman–Crippen LogP) is 0.893. The summed E-state index contributed by atoms with van der Waals surface area (Å²) in [4.78, 5) is 0. The van der Waals surface area contributed by atoms with Gasteiger partial charge in [0.15, 0.2) is 0 Å². The van der Waals surface area contributed by atoms with Gasteiger partial charge in [0, 0.05) is 0 Å². The quantitative estimate of drug-likeness (QED) is 0.510. The first-order chi connectivity index (χ1) is 3.06. The van der Waals surface area contributed by atoms with Crippen LogP contribution in [-0.4, -0.2) is 10.3 Å². The molecule has 0 aromatic heterocycles. The van der Waals surface area contributed by atoms with Crippen molar-refractivity contribution in [3.63, 3.8) is 0 Å². The van der Waals surface area contributed by atoms with Gasteiger partial charge in [0.05, 0.1) is 0 Å². The first kappa shape index (κ1) is 7.23. The number of nitrogens with two attached hydrogens (primary N) is 1. The molecule has 7 heavy (non-hydrogen) atoms. The second-order valence-electron chi connectivity index (χ2n) is 1.39. The Kier molecular flexibility index (Phi) is 2.60. The third-order valence-corrected chi connectivity index (χ3v) is 1.49. The van der Waals surface area contributed by atoms with Crippen molar-refractivity contribution in [3.05, 3.63) is 0 Å². The van der Waals surface area contributed by atoms with Crippen LogP contribution in [0, 0.1) is 0 Å². The van der Waals surface area contributed by atoms with Crippen LogP contribution in [0.2, 0.25) is 0 Å². The molecule has 0 amide bonds. The van der Waals surface area contributed by atoms with Gasteiger partial charge in [0.25, 0.3) is 0 Å². The second-order valence-corrected chi connectivity index (χ2v) is 3.18. The van der Waals surface area contributed by atoms with Gasteiger partial charge >= 0.3 is 43.1 Å². The molecule has 0 aliphatic carbocycles. The third-order valence-electron chi connectivity index (χ3n) is 0.497. The average Bonchev–Trinajstić information content (AvgIpc) is 1.30. The summed E-state index contributed by atoms with van der Waals surface area (Å²) >= 11 is 0. The van der Waals surface area contributed by atoms with E-state index in [-0.39, 0.29) is 5.75 Å². The molecule has 0 aromatic carbocycles. The monoisotopic (exact) mass is 124 g/mol. The standard InChI is InChI=1S/C3H10NO2S/c1-2-3-7(4,5)6/h5H,2-4H2,1H3/q+1. The topological polar surface area (TPSA) is 66.2 Å². The minimum absolute atomic E-state index is 0.201. The molecule has 0 radical (unpaired) electrons. The molecule has 0 heterocycles. The van der Waals surface area contributed by atoms with Crippen molar-refractivity contribution in [3.8, 4) is 0 Å². The van der Waals surface area contributed by atoms with Crippen molar-refractivity contribution < 1.29 is 8.60 Å². The Morgan fingerprint density at radius 3 is 2.29 bits per heavy atom. The van der Waals surface area contributed by atoms with Crippen LogP contribution in [-0.2, 0) is 4.04 Å². The summed E-state index contributed by atoms with van der Waals surface area (Å²) in [6, 6.07) is 0. The van der Waals surface area contributed by atoms with E-state index in [2.05, 4.69) is 0 Å². The Labute approximate surface area is 44.0 Å². The molecule has 0 aliphatic heterocycles. The van der Waals surface area contributed by atoms with E-state index in [0.29, 0.717) is 6.42 Å². The van der Waals surface area contributed by atoms with Crippen LogP contribution >= 0.6 is 10.2 Å². The molecule has 3 nitrogen and oxygen atoms in total. The molecule has 0 bridgehead atoms. The zero-order chi connectivity index (χ0) is 5.91. The van der Waals surface area contributed by atoms with Crippen molar-refractivity contribution >= 4 is 10.2 Å². The first-order valence-electron chi connectivity index (χ1n) is 2.08. The van der Waals surface area contributed by atoms with Gasteiger partial charge in [0.2, 0.25) is 0 Å². The number of rotatable bonds is 1. The van der Waals surface area contributed by atoms with E-state index in [9.17, 15) is 4.04 Å². The predicted molar refractivity (Wildman–Crippen MR) is 30.3 cm³/mol. The second kappa shape index (κ2) is 2.52. The van der Waals surface area contributed by atoms with Gasteiger partial charge in [-0.05, 0) is 0 Å². The van der Waals surface area contributed by atoms with Gasteiger partial charge in [-0.2, -0.15) is 0 Å². The van der Waals surface area contributed by atoms with Crippen LogP contribution in [0.5, 0.6) is 0 Å². The molecular formula is C3H10NO2S+. The van der Waals surface area contributed by atoms with E-state index >= 15 is 0 Å². The normalized spacial score (nSPS) is 18.6. The minimum atomic E-state index is -2.92. The fraction of sp³-hybridized carbons (Fsp3) is 1.00. The number of hydrogen-bond donors (Lipinski definition) is 2. The fourth-order valence-corrected chi connectivity index (χ4v) is 0.877. The molecule has 0 saturated heterocycles. The molecule has 4 heteroatoms. The molecule has 0 fully saturated rings. The Bertz CT molecular complexity index is 125. The van der Waals surface area contributed by atoms with Crippen LogP contribution < -0.4 is 5.14 Å². The van der Waals surface area contributed by atoms with Gasteiger partial charge in [-0.15, -0.1) is 0 Å². The zero-order valence-corrected chi connectivity index (χ0v) is 5.07. The van der Waals surface area contributed by atoms with Crippen LogP contribution in [0.25, 0.3) is 0 Å². The molecule has 0 spiro atoms. The van der Waals surface area contributed by atoms with Crippen LogP contribution in [0.15, 0.2) is 0 Å².